The molecule has 0 radical (unpaired) electrons. The Hall–Kier alpha value is -0.700. The van der Waals surface area contributed by atoms with Gasteiger partial charge in [0.05, 0.1) is 0 Å². The highest BCUT2D eigenvalue weighted by molar-refractivity contribution is 7.99. The third-order valence-corrected chi connectivity index (χ3v) is 2.99. The summed E-state index contributed by atoms with van der Waals surface area (Å²) in [4.78, 5) is 0. The molecule has 0 amide bonds. The molecule has 0 bridgehead atoms. The zero-order valence-corrected chi connectivity index (χ0v) is 6.97. The van der Waals surface area contributed by atoms with Crippen molar-refractivity contribution in [2.75, 3.05) is 5.75 Å². The molecule has 0 saturated heterocycles. The molecule has 2 rings (SSSR count). The second-order valence-electron chi connectivity index (χ2n) is 2.59. The van der Waals surface area contributed by atoms with Crippen molar-refractivity contribution in [2.24, 2.45) is 0 Å². The van der Waals surface area contributed by atoms with Crippen LogP contribution in [0, 0.1) is 0 Å². The molecule has 2 heterocycles. The van der Waals surface area contributed by atoms with Gasteiger partial charge < -0.3 is 5.11 Å². The lowest BCUT2D eigenvalue weighted by Crippen LogP contribution is -2.38. The van der Waals surface area contributed by atoms with Crippen molar-refractivity contribution in [2.45, 2.75) is 18.0 Å². The molecule has 2 nitrogen and oxygen atoms in total. The zero-order valence-electron chi connectivity index (χ0n) is 6.16. The number of aromatic hydroxyl groups is 1. The molecule has 0 aliphatic carbocycles. The number of pyridine rings is 1. The van der Waals surface area contributed by atoms with Gasteiger partial charge >= 0.3 is 0 Å². The molecule has 1 aromatic rings. The molecule has 0 fully saturated rings. The SMILES string of the molecule is Oc1ccc[n+]2c1SCCC2. The molecule has 1 aliphatic rings. The molecule has 11 heavy (non-hydrogen) atoms. The van der Waals surface area contributed by atoms with E-state index >= 15 is 0 Å². The van der Waals surface area contributed by atoms with E-state index in [2.05, 4.69) is 4.57 Å². The Kier molecular flexibility index (Phi) is 1.74. The van der Waals surface area contributed by atoms with Crippen LogP contribution in [0.25, 0.3) is 0 Å². The third kappa shape index (κ3) is 1.20. The normalized spacial score (nSPS) is 16.0. The summed E-state index contributed by atoms with van der Waals surface area (Å²) in [5.74, 6) is 1.54. The number of nitrogens with zero attached hydrogens (tertiary/aromatic N) is 1. The van der Waals surface area contributed by atoms with Crippen LogP contribution in [0.5, 0.6) is 5.75 Å². The maximum absolute atomic E-state index is 9.41. The number of hydrogen-bond acceptors (Lipinski definition) is 2. The average Bonchev–Trinajstić information content (AvgIpc) is 2.06. The predicted molar refractivity (Wildman–Crippen MR) is 43.6 cm³/mol. The van der Waals surface area contributed by atoms with Gasteiger partial charge in [-0.3, -0.25) is 0 Å². The Bertz CT molecular complexity index is 275. The minimum absolute atomic E-state index is 0.414. The van der Waals surface area contributed by atoms with Crippen LogP contribution in [-0.4, -0.2) is 10.9 Å². The van der Waals surface area contributed by atoms with Gasteiger partial charge in [0.25, 0.3) is 5.03 Å². The minimum atomic E-state index is 0.414. The molecule has 1 N–H and O–H groups in total. The second-order valence-corrected chi connectivity index (χ2v) is 3.68. The highest BCUT2D eigenvalue weighted by Crippen LogP contribution is 2.26. The first-order chi connectivity index (χ1) is 5.38. The van der Waals surface area contributed by atoms with Crippen LogP contribution in [0.15, 0.2) is 23.4 Å². The highest BCUT2D eigenvalue weighted by atomic mass is 32.2. The van der Waals surface area contributed by atoms with Crippen molar-refractivity contribution in [3.63, 3.8) is 0 Å². The lowest BCUT2D eigenvalue weighted by Gasteiger charge is -2.08. The quantitative estimate of drug-likeness (QED) is 0.588. The summed E-state index contributed by atoms with van der Waals surface area (Å²) in [5.41, 5.74) is 0. The van der Waals surface area contributed by atoms with E-state index in [9.17, 15) is 5.11 Å². The van der Waals surface area contributed by atoms with Crippen molar-refractivity contribution in [1.82, 2.24) is 0 Å². The minimum Gasteiger partial charge on any atom is -0.502 e. The number of thioether (sulfide) groups is 1. The fraction of sp³-hybridized carbons (Fsp3) is 0.375. The molecule has 0 aromatic carbocycles. The van der Waals surface area contributed by atoms with Crippen molar-refractivity contribution < 1.29 is 9.67 Å². The van der Waals surface area contributed by atoms with Crippen LogP contribution in [0.4, 0.5) is 0 Å². The molecule has 58 valence electrons. The van der Waals surface area contributed by atoms with E-state index < -0.39 is 0 Å². The molecular weight excluding hydrogens is 158 g/mol. The van der Waals surface area contributed by atoms with Gasteiger partial charge in [0.2, 0.25) is 0 Å². The van der Waals surface area contributed by atoms with Gasteiger partial charge in [-0.15, -0.1) is 0 Å². The molecule has 1 aliphatic heterocycles. The fourth-order valence-corrected chi connectivity index (χ4v) is 2.26. The van der Waals surface area contributed by atoms with Gasteiger partial charge in [0.15, 0.2) is 18.5 Å². The van der Waals surface area contributed by atoms with Crippen molar-refractivity contribution in [3.05, 3.63) is 18.3 Å². The third-order valence-electron chi connectivity index (χ3n) is 1.78. The number of aromatic nitrogens is 1. The summed E-state index contributed by atoms with van der Waals surface area (Å²) in [6.07, 6.45) is 3.22. The van der Waals surface area contributed by atoms with E-state index in [4.69, 9.17) is 0 Å². The molecule has 3 heteroatoms. The smallest absolute Gasteiger partial charge is 0.282 e. The first-order valence-electron chi connectivity index (χ1n) is 3.72. The zero-order chi connectivity index (χ0) is 7.68. The standard InChI is InChI=1S/C8H9NOS/c10-7-3-1-4-9-5-2-6-11-8(7)9/h1,3-4H,2,5-6H2/p+1. The van der Waals surface area contributed by atoms with Crippen molar-refractivity contribution >= 4 is 11.8 Å². The van der Waals surface area contributed by atoms with E-state index in [1.54, 1.807) is 17.8 Å². The van der Waals surface area contributed by atoms with Crippen molar-refractivity contribution in [1.29, 1.82) is 0 Å². The summed E-state index contributed by atoms with van der Waals surface area (Å²) in [6, 6.07) is 3.62. The van der Waals surface area contributed by atoms with Crippen LogP contribution in [0.2, 0.25) is 0 Å². The van der Waals surface area contributed by atoms with Gasteiger partial charge in [-0.2, -0.15) is 4.57 Å². The van der Waals surface area contributed by atoms with Crippen LogP contribution in [-0.2, 0) is 6.54 Å². The Morgan fingerprint density at radius 2 is 2.45 bits per heavy atom. The summed E-state index contributed by atoms with van der Waals surface area (Å²) in [6.45, 7) is 1.04. The lowest BCUT2D eigenvalue weighted by molar-refractivity contribution is -0.734. The van der Waals surface area contributed by atoms with Gasteiger partial charge in [-0.1, -0.05) is 11.8 Å². The highest BCUT2D eigenvalue weighted by Gasteiger charge is 2.19. The Morgan fingerprint density at radius 3 is 3.27 bits per heavy atom. The summed E-state index contributed by atoms with van der Waals surface area (Å²) in [5, 5.41) is 10.4. The molecular formula is C8H10NOS+. The molecule has 0 spiro atoms. The maximum atomic E-state index is 9.41. The second kappa shape index (κ2) is 2.74. The van der Waals surface area contributed by atoms with Gasteiger partial charge in [0.1, 0.15) is 0 Å². The van der Waals surface area contributed by atoms with Crippen LogP contribution >= 0.6 is 11.8 Å². The maximum Gasteiger partial charge on any atom is 0.282 e. The van der Waals surface area contributed by atoms with E-state index in [0.717, 1.165) is 17.3 Å². The van der Waals surface area contributed by atoms with Crippen LogP contribution in [0.3, 0.4) is 0 Å². The van der Waals surface area contributed by atoms with Gasteiger partial charge in [-0.25, -0.2) is 0 Å². The summed E-state index contributed by atoms with van der Waals surface area (Å²) >= 11 is 1.73. The largest absolute Gasteiger partial charge is 0.502 e. The van der Waals surface area contributed by atoms with E-state index in [0.29, 0.717) is 5.75 Å². The van der Waals surface area contributed by atoms with Gasteiger partial charge in [-0.05, 0) is 6.07 Å². The van der Waals surface area contributed by atoms with Crippen LogP contribution < -0.4 is 4.57 Å². The van der Waals surface area contributed by atoms with Crippen molar-refractivity contribution in [3.8, 4) is 5.75 Å². The predicted octanol–water partition coefficient (Wildman–Crippen LogP) is 1.18. The summed E-state index contributed by atoms with van der Waals surface area (Å²) in [7, 11) is 0. The number of rotatable bonds is 0. The monoisotopic (exact) mass is 168 g/mol. The van der Waals surface area contributed by atoms with E-state index in [1.165, 1.54) is 6.42 Å². The number of fused-ring (bicyclic) bond motifs is 1. The first kappa shape index (κ1) is 6.98. The van der Waals surface area contributed by atoms with E-state index in [1.807, 2.05) is 12.3 Å². The molecule has 0 atom stereocenters. The topological polar surface area (TPSA) is 24.1 Å². The number of aryl methyl sites for hydroxylation is 1. The van der Waals surface area contributed by atoms with Gasteiger partial charge in [0, 0.05) is 18.2 Å². The molecule has 1 aromatic heterocycles. The Morgan fingerprint density at radius 1 is 1.55 bits per heavy atom. The fourth-order valence-electron chi connectivity index (χ4n) is 1.26. The lowest BCUT2D eigenvalue weighted by atomic mass is 10.4. The van der Waals surface area contributed by atoms with Crippen LogP contribution in [0.1, 0.15) is 6.42 Å². The van der Waals surface area contributed by atoms with E-state index in [-0.39, 0.29) is 0 Å². The first-order valence-corrected chi connectivity index (χ1v) is 4.71. The Balaban J connectivity index is 2.49. The molecule has 0 unspecified atom stereocenters. The molecule has 0 saturated carbocycles. The average molecular weight is 168 g/mol. The Labute approximate surface area is 69.9 Å². The summed E-state index contributed by atoms with van der Waals surface area (Å²) < 4.78 is 2.10. The number of hydrogen-bond donors (Lipinski definition) is 1.